The van der Waals surface area contributed by atoms with E-state index in [1.165, 1.54) is 6.07 Å². The second-order valence-electron chi connectivity index (χ2n) is 4.50. The summed E-state index contributed by atoms with van der Waals surface area (Å²) in [6.07, 6.45) is 0. The van der Waals surface area contributed by atoms with Crippen molar-refractivity contribution in [1.82, 2.24) is 0 Å². The topological polar surface area (TPSA) is 109 Å². The van der Waals surface area contributed by atoms with Crippen LogP contribution in [0.1, 0.15) is 11.1 Å². The third kappa shape index (κ3) is 5.23. The molecule has 0 amide bonds. The molecule has 6 nitrogen and oxygen atoms in total. The first-order chi connectivity index (χ1) is 11.2. The van der Waals surface area contributed by atoms with Crippen molar-refractivity contribution in [3.05, 3.63) is 59.7 Å². The fraction of sp³-hybridized carbons (Fsp3) is 0. The number of benzene rings is 2. The van der Waals surface area contributed by atoms with Gasteiger partial charge in [0, 0.05) is 11.1 Å². The predicted molar refractivity (Wildman–Crippen MR) is 88.7 cm³/mol. The molecule has 0 spiro atoms. The van der Waals surface area contributed by atoms with Crippen molar-refractivity contribution < 1.29 is 25.9 Å². The Hall–Kier alpha value is -2.62. The highest BCUT2D eigenvalue weighted by Crippen LogP contribution is 2.25. The van der Waals surface area contributed by atoms with Gasteiger partial charge in [-0.1, -0.05) is 42.5 Å². The molecule has 0 fully saturated rings. The smallest absolute Gasteiger partial charge is 0.276 e. The third-order valence-corrected chi connectivity index (χ3v) is 3.49. The standard InChI is InChI=1S/C16H10O6S2/c17-23(18,19)11-9-14-7-4-8-15(13-5-2-1-3-6-13)16(14)10-12-24(20,21)22/h1-8H,(H,17,18,19)(H,20,21,22). The van der Waals surface area contributed by atoms with Gasteiger partial charge in [0.15, 0.2) is 0 Å². The lowest BCUT2D eigenvalue weighted by Gasteiger charge is -2.07. The van der Waals surface area contributed by atoms with Crippen molar-refractivity contribution in [2.75, 3.05) is 0 Å². The van der Waals surface area contributed by atoms with E-state index in [-0.39, 0.29) is 11.1 Å². The summed E-state index contributed by atoms with van der Waals surface area (Å²) in [5.41, 5.74) is 1.38. The molecule has 0 aromatic heterocycles. The van der Waals surface area contributed by atoms with Gasteiger partial charge in [-0.15, -0.1) is 0 Å². The Morgan fingerprint density at radius 1 is 0.708 bits per heavy atom. The molecule has 0 aliphatic rings. The summed E-state index contributed by atoms with van der Waals surface area (Å²) in [4.78, 5) is 0. The Bertz CT molecular complexity index is 1090. The minimum atomic E-state index is -4.56. The second kappa shape index (κ2) is 6.87. The zero-order chi connectivity index (χ0) is 17.8. The highest BCUT2D eigenvalue weighted by atomic mass is 32.2. The van der Waals surface area contributed by atoms with E-state index in [1.807, 2.05) is 0 Å². The maximum atomic E-state index is 10.9. The van der Waals surface area contributed by atoms with Crippen LogP contribution in [0.15, 0.2) is 48.5 Å². The van der Waals surface area contributed by atoms with E-state index >= 15 is 0 Å². The predicted octanol–water partition coefficient (Wildman–Crippen LogP) is 1.75. The maximum absolute atomic E-state index is 10.9. The van der Waals surface area contributed by atoms with E-state index < -0.39 is 20.2 Å². The molecule has 0 aliphatic heterocycles. The lowest BCUT2D eigenvalue weighted by atomic mass is 9.96. The minimum Gasteiger partial charge on any atom is -0.276 e. The molecule has 0 aliphatic carbocycles. The van der Waals surface area contributed by atoms with Crippen molar-refractivity contribution in [1.29, 1.82) is 0 Å². The fourth-order valence-corrected chi connectivity index (χ4v) is 2.35. The molecule has 0 atom stereocenters. The zero-order valence-electron chi connectivity index (χ0n) is 12.0. The molecule has 0 unspecified atom stereocenters. The van der Waals surface area contributed by atoms with Gasteiger partial charge in [0.2, 0.25) is 0 Å². The highest BCUT2D eigenvalue weighted by molar-refractivity contribution is 7.90. The van der Waals surface area contributed by atoms with Gasteiger partial charge in [-0.25, -0.2) is 0 Å². The number of hydrogen-bond acceptors (Lipinski definition) is 4. The van der Waals surface area contributed by atoms with Crippen LogP contribution in [-0.2, 0) is 20.2 Å². The van der Waals surface area contributed by atoms with Crippen LogP contribution >= 0.6 is 0 Å². The summed E-state index contributed by atoms with van der Waals surface area (Å²) in [7, 11) is -9.10. The molecule has 24 heavy (non-hydrogen) atoms. The van der Waals surface area contributed by atoms with E-state index in [1.54, 1.807) is 53.0 Å². The average molecular weight is 362 g/mol. The minimum absolute atomic E-state index is 0.0881. The summed E-state index contributed by atoms with van der Waals surface area (Å²) >= 11 is 0. The Morgan fingerprint density at radius 3 is 1.88 bits per heavy atom. The quantitative estimate of drug-likeness (QED) is 0.591. The van der Waals surface area contributed by atoms with Gasteiger partial charge in [0.05, 0.1) is 10.5 Å². The van der Waals surface area contributed by atoms with Crippen LogP contribution in [0, 0.1) is 22.3 Å². The fourth-order valence-electron chi connectivity index (χ4n) is 1.88. The highest BCUT2D eigenvalue weighted by Gasteiger charge is 2.08. The molecule has 2 aromatic rings. The van der Waals surface area contributed by atoms with Gasteiger partial charge in [0.1, 0.15) is 0 Å². The molecule has 2 aromatic carbocycles. The van der Waals surface area contributed by atoms with E-state index in [2.05, 4.69) is 11.8 Å². The Balaban J connectivity index is 2.76. The lowest BCUT2D eigenvalue weighted by Crippen LogP contribution is -1.95. The Labute approximate surface area is 139 Å². The molecule has 122 valence electrons. The lowest BCUT2D eigenvalue weighted by molar-refractivity contribution is 0.494. The third-order valence-electron chi connectivity index (χ3n) is 2.77. The SMILES string of the molecule is O=S(=O)(O)C#Cc1cccc(-c2ccccc2)c1C#CS(=O)(=O)O. The molecule has 2 rings (SSSR count). The van der Waals surface area contributed by atoms with Crippen LogP contribution in [0.3, 0.4) is 0 Å². The van der Waals surface area contributed by atoms with Crippen LogP contribution < -0.4 is 0 Å². The molecule has 0 bridgehead atoms. The summed E-state index contributed by atoms with van der Waals surface area (Å²) in [5.74, 6) is 4.52. The molecular formula is C16H10O6S2. The molecule has 0 heterocycles. The van der Waals surface area contributed by atoms with E-state index in [0.717, 1.165) is 0 Å². The first-order valence-corrected chi connectivity index (χ1v) is 9.22. The summed E-state index contributed by atoms with van der Waals surface area (Å²) < 4.78 is 60.9. The largest absolute Gasteiger partial charge is 0.335 e. The van der Waals surface area contributed by atoms with Crippen LogP contribution in [0.4, 0.5) is 0 Å². The van der Waals surface area contributed by atoms with E-state index in [4.69, 9.17) is 9.11 Å². The van der Waals surface area contributed by atoms with Crippen molar-refractivity contribution in [2.24, 2.45) is 0 Å². The zero-order valence-corrected chi connectivity index (χ0v) is 13.6. The van der Waals surface area contributed by atoms with Crippen LogP contribution in [-0.4, -0.2) is 25.9 Å². The number of rotatable bonds is 1. The first kappa shape index (κ1) is 17.7. The molecule has 0 saturated carbocycles. The first-order valence-electron chi connectivity index (χ1n) is 6.34. The van der Waals surface area contributed by atoms with Crippen molar-refractivity contribution >= 4 is 20.2 Å². The molecule has 0 radical (unpaired) electrons. The van der Waals surface area contributed by atoms with Crippen LogP contribution in [0.5, 0.6) is 0 Å². The molecule has 2 N–H and O–H groups in total. The maximum Gasteiger partial charge on any atom is 0.335 e. The summed E-state index contributed by atoms with van der Waals surface area (Å²) in [6.45, 7) is 0. The van der Waals surface area contributed by atoms with Crippen molar-refractivity contribution in [3.8, 4) is 33.5 Å². The van der Waals surface area contributed by atoms with Crippen LogP contribution in [0.2, 0.25) is 0 Å². The molecule has 0 saturated heterocycles. The summed E-state index contributed by atoms with van der Waals surface area (Å²) in [5, 5.41) is 3.34. The van der Waals surface area contributed by atoms with E-state index in [9.17, 15) is 16.8 Å². The van der Waals surface area contributed by atoms with Gasteiger partial charge in [0.25, 0.3) is 0 Å². The molecule has 8 heteroatoms. The normalized spacial score (nSPS) is 10.9. The Morgan fingerprint density at radius 2 is 1.29 bits per heavy atom. The van der Waals surface area contributed by atoms with Crippen LogP contribution in [0.25, 0.3) is 11.1 Å². The monoisotopic (exact) mass is 362 g/mol. The Kier molecular flexibility index (Phi) is 5.07. The van der Waals surface area contributed by atoms with Crippen molar-refractivity contribution in [2.45, 2.75) is 0 Å². The van der Waals surface area contributed by atoms with Gasteiger partial charge in [-0.05, 0) is 29.0 Å². The van der Waals surface area contributed by atoms with Gasteiger partial charge < -0.3 is 0 Å². The summed E-state index contributed by atoms with van der Waals surface area (Å²) in [6, 6.07) is 13.4. The number of hydrogen-bond donors (Lipinski definition) is 2. The van der Waals surface area contributed by atoms with Gasteiger partial charge in [-0.2, -0.15) is 16.8 Å². The van der Waals surface area contributed by atoms with E-state index in [0.29, 0.717) is 11.1 Å². The second-order valence-corrected chi connectivity index (χ2v) is 6.81. The van der Waals surface area contributed by atoms with Crippen molar-refractivity contribution in [3.63, 3.8) is 0 Å². The molecular weight excluding hydrogens is 352 g/mol. The van der Waals surface area contributed by atoms with Gasteiger partial charge >= 0.3 is 20.2 Å². The van der Waals surface area contributed by atoms with Gasteiger partial charge in [-0.3, -0.25) is 9.11 Å². The average Bonchev–Trinajstić information content (AvgIpc) is 2.50.